The van der Waals surface area contributed by atoms with Crippen molar-refractivity contribution in [2.45, 2.75) is 44.1 Å². The molecule has 1 heterocycles. The summed E-state index contributed by atoms with van der Waals surface area (Å²) in [6.45, 7) is 2.24. The fourth-order valence-electron chi connectivity index (χ4n) is 4.24. The number of benzene rings is 2. The molecule has 1 amide bonds. The zero-order valence-corrected chi connectivity index (χ0v) is 17.8. The van der Waals surface area contributed by atoms with Crippen molar-refractivity contribution in [2.75, 3.05) is 5.32 Å². The largest absolute Gasteiger partial charge is 0.478 e. The smallest absolute Gasteiger partial charge is 0.335 e. The van der Waals surface area contributed by atoms with Crippen molar-refractivity contribution in [2.24, 2.45) is 5.92 Å². The molecule has 5 nitrogen and oxygen atoms in total. The van der Waals surface area contributed by atoms with Crippen LogP contribution in [0.3, 0.4) is 0 Å². The first kappa shape index (κ1) is 20.5. The van der Waals surface area contributed by atoms with E-state index in [4.69, 9.17) is 5.11 Å². The molecular weight excluding hydrogens is 396 g/mol. The summed E-state index contributed by atoms with van der Waals surface area (Å²) >= 11 is 1.53. The van der Waals surface area contributed by atoms with Crippen LogP contribution in [0, 0.1) is 5.92 Å². The van der Waals surface area contributed by atoms with Gasteiger partial charge >= 0.3 is 5.97 Å². The number of carboxylic acids is 1. The molecule has 1 unspecified atom stereocenters. The molecule has 2 fully saturated rings. The normalized spacial score (nSPS) is 25.5. The average molecular weight is 423 g/mol. The molecule has 4 rings (SSSR count). The van der Waals surface area contributed by atoms with Crippen molar-refractivity contribution in [3.63, 3.8) is 0 Å². The molecule has 2 N–H and O–H groups in total. The number of carbonyl (C=O) groups excluding carboxylic acids is 1. The van der Waals surface area contributed by atoms with Crippen LogP contribution in [-0.2, 0) is 4.79 Å². The number of hydrogen-bond donors (Lipinski definition) is 2. The molecule has 156 valence electrons. The highest BCUT2D eigenvalue weighted by Crippen LogP contribution is 2.42. The van der Waals surface area contributed by atoms with E-state index >= 15 is 0 Å². The number of carbonyl (C=O) groups is 2. The number of hydrogen-bond acceptors (Lipinski definition) is 4. The van der Waals surface area contributed by atoms with Gasteiger partial charge in [-0.3, -0.25) is 4.79 Å². The first-order valence-electron chi connectivity index (χ1n) is 10.4. The second kappa shape index (κ2) is 8.96. The number of aromatic carboxylic acids is 1. The zero-order chi connectivity index (χ0) is 21.1. The molecule has 3 atom stereocenters. The number of nitrogens with one attached hydrogen (secondary N) is 1. The minimum absolute atomic E-state index is 0.0505. The third-order valence-corrected chi connectivity index (χ3v) is 6.99. The zero-order valence-electron chi connectivity index (χ0n) is 17.0. The topological polar surface area (TPSA) is 69.6 Å². The quantitative estimate of drug-likeness (QED) is 0.642. The third kappa shape index (κ3) is 4.38. The highest BCUT2D eigenvalue weighted by atomic mass is 32.2. The molecule has 2 aromatic carbocycles. The van der Waals surface area contributed by atoms with Gasteiger partial charge in [0, 0.05) is 11.7 Å². The highest BCUT2D eigenvalue weighted by molar-refractivity contribution is 8.05. The Morgan fingerprint density at radius 2 is 1.80 bits per heavy atom. The van der Waals surface area contributed by atoms with Crippen LogP contribution in [0.15, 0.2) is 59.5 Å². The van der Waals surface area contributed by atoms with Crippen molar-refractivity contribution < 1.29 is 14.7 Å². The maximum Gasteiger partial charge on any atom is 0.335 e. The van der Waals surface area contributed by atoms with E-state index in [1.807, 2.05) is 41.3 Å². The van der Waals surface area contributed by atoms with E-state index in [0.29, 0.717) is 10.8 Å². The lowest BCUT2D eigenvalue weighted by Gasteiger charge is -2.39. The Hall–Kier alpha value is -2.73. The summed E-state index contributed by atoms with van der Waals surface area (Å²) < 4.78 is 0. The van der Waals surface area contributed by atoms with Crippen LogP contribution in [0.25, 0.3) is 6.08 Å². The molecule has 6 heteroatoms. The van der Waals surface area contributed by atoms with Crippen LogP contribution < -0.4 is 5.32 Å². The number of rotatable bonds is 5. The van der Waals surface area contributed by atoms with E-state index in [1.54, 1.807) is 24.3 Å². The van der Waals surface area contributed by atoms with E-state index in [-0.39, 0.29) is 23.0 Å². The first-order chi connectivity index (χ1) is 14.5. The van der Waals surface area contributed by atoms with Crippen molar-refractivity contribution in [1.82, 2.24) is 4.90 Å². The van der Waals surface area contributed by atoms with Crippen molar-refractivity contribution in [3.8, 4) is 0 Å². The molecule has 0 radical (unpaired) electrons. The lowest BCUT2D eigenvalue weighted by Crippen LogP contribution is -2.48. The van der Waals surface area contributed by atoms with Crippen molar-refractivity contribution in [3.05, 3.63) is 70.6 Å². The summed E-state index contributed by atoms with van der Waals surface area (Å²) in [5.74, 6) is -0.433. The molecule has 30 heavy (non-hydrogen) atoms. The van der Waals surface area contributed by atoms with Gasteiger partial charge in [-0.1, -0.05) is 61.9 Å². The molecule has 1 aliphatic carbocycles. The van der Waals surface area contributed by atoms with Gasteiger partial charge in [-0.15, -0.1) is 0 Å². The summed E-state index contributed by atoms with van der Waals surface area (Å²) in [5, 5.41) is 12.6. The number of nitrogens with zero attached hydrogens (tertiary/aromatic N) is 1. The van der Waals surface area contributed by atoms with Crippen LogP contribution in [0.2, 0.25) is 0 Å². The molecule has 1 saturated carbocycles. The number of carboxylic acid groups (broad SMARTS) is 1. The molecular formula is C24H26N2O3S. The van der Waals surface area contributed by atoms with Gasteiger partial charge in [0.1, 0.15) is 0 Å². The summed E-state index contributed by atoms with van der Waals surface area (Å²) in [4.78, 5) is 27.2. The van der Waals surface area contributed by atoms with Gasteiger partial charge in [0.05, 0.1) is 10.5 Å². The van der Waals surface area contributed by atoms with Crippen LogP contribution in [0.5, 0.6) is 0 Å². The lowest BCUT2D eigenvalue weighted by atomic mass is 9.85. The molecule has 1 aliphatic heterocycles. The van der Waals surface area contributed by atoms with Crippen molar-refractivity contribution >= 4 is 35.4 Å². The number of amides is 1. The van der Waals surface area contributed by atoms with Crippen LogP contribution in [0.4, 0.5) is 5.69 Å². The Bertz CT molecular complexity index is 943. The third-order valence-electron chi connectivity index (χ3n) is 5.88. The Kier molecular flexibility index (Phi) is 6.13. The summed E-state index contributed by atoms with van der Waals surface area (Å²) in [6.07, 6.45) is 6.42. The Morgan fingerprint density at radius 3 is 2.47 bits per heavy atom. The lowest BCUT2D eigenvalue weighted by molar-refractivity contribution is -0.129. The van der Waals surface area contributed by atoms with Gasteiger partial charge < -0.3 is 15.3 Å². The van der Waals surface area contributed by atoms with E-state index in [1.165, 1.54) is 18.2 Å². The molecule has 1 saturated heterocycles. The van der Waals surface area contributed by atoms with Gasteiger partial charge in [-0.05, 0) is 54.7 Å². The number of thioether (sulfide) groups is 1. The number of anilines is 1. The first-order valence-corrected chi connectivity index (χ1v) is 11.3. The van der Waals surface area contributed by atoms with Crippen molar-refractivity contribution in [1.29, 1.82) is 0 Å². The SMILES string of the molecule is C[C@@H]1CCCC[C@@H]1N1C(=O)/C(=C/c2ccc(C(=O)O)cc2)SC1Nc1ccccc1. The Labute approximate surface area is 181 Å². The van der Waals surface area contributed by atoms with E-state index in [0.717, 1.165) is 30.5 Å². The van der Waals surface area contributed by atoms with Crippen LogP contribution in [0.1, 0.15) is 48.5 Å². The second-order valence-electron chi connectivity index (χ2n) is 7.96. The average Bonchev–Trinajstić information content (AvgIpc) is 3.04. The summed E-state index contributed by atoms with van der Waals surface area (Å²) in [6, 6.07) is 16.8. The fourth-order valence-corrected chi connectivity index (χ4v) is 5.45. The summed E-state index contributed by atoms with van der Waals surface area (Å²) in [5.41, 5.74) is 1.90. The predicted octanol–water partition coefficient (Wildman–Crippen LogP) is 5.28. The van der Waals surface area contributed by atoms with Crippen LogP contribution >= 0.6 is 11.8 Å². The molecule has 0 aromatic heterocycles. The molecule has 2 aliphatic rings. The van der Waals surface area contributed by atoms with Gasteiger partial charge in [0.2, 0.25) is 0 Å². The van der Waals surface area contributed by atoms with Gasteiger partial charge in [0.15, 0.2) is 5.50 Å². The monoisotopic (exact) mass is 422 g/mol. The molecule has 2 aromatic rings. The predicted molar refractivity (Wildman–Crippen MR) is 121 cm³/mol. The Morgan fingerprint density at radius 1 is 1.10 bits per heavy atom. The maximum atomic E-state index is 13.4. The van der Waals surface area contributed by atoms with Crippen LogP contribution in [-0.4, -0.2) is 33.4 Å². The standard InChI is InChI=1S/C24H26N2O3S/c1-16-7-5-6-10-20(16)26-22(27)21(15-17-11-13-18(14-12-17)23(28)29)30-24(26)25-19-8-3-2-4-9-19/h2-4,8-9,11-16,20,24-25H,5-7,10H2,1H3,(H,28,29)/b21-15-/t16-,20+,24?/m1/s1. The van der Waals surface area contributed by atoms with E-state index < -0.39 is 5.97 Å². The van der Waals surface area contributed by atoms with E-state index in [2.05, 4.69) is 12.2 Å². The van der Waals surface area contributed by atoms with Gasteiger partial charge in [-0.2, -0.15) is 0 Å². The summed E-state index contributed by atoms with van der Waals surface area (Å²) in [7, 11) is 0. The van der Waals surface area contributed by atoms with E-state index in [9.17, 15) is 9.59 Å². The second-order valence-corrected chi connectivity index (χ2v) is 9.08. The minimum Gasteiger partial charge on any atom is -0.478 e. The number of para-hydroxylation sites is 1. The molecule has 0 spiro atoms. The molecule has 0 bridgehead atoms. The fraction of sp³-hybridized carbons (Fsp3) is 0.333. The highest BCUT2D eigenvalue weighted by Gasteiger charge is 2.42. The maximum absolute atomic E-state index is 13.4. The minimum atomic E-state index is -0.954. The van der Waals surface area contributed by atoms with Gasteiger partial charge in [-0.25, -0.2) is 4.79 Å². The Balaban J connectivity index is 1.62. The van der Waals surface area contributed by atoms with Gasteiger partial charge in [0.25, 0.3) is 5.91 Å².